The molecule has 0 atom stereocenters. The zero-order chi connectivity index (χ0) is 13.8. The molecule has 0 bridgehead atoms. The summed E-state index contributed by atoms with van der Waals surface area (Å²) < 4.78 is 0. The molecule has 4 N–H and O–H groups in total. The van der Waals surface area contributed by atoms with E-state index < -0.39 is 0 Å². The van der Waals surface area contributed by atoms with E-state index in [0.717, 1.165) is 18.5 Å². The number of aromatic amines is 1. The topological polar surface area (TPSA) is 96.7 Å². The van der Waals surface area contributed by atoms with E-state index in [2.05, 4.69) is 20.5 Å². The number of halogens is 1. The molecule has 0 aliphatic rings. The summed E-state index contributed by atoms with van der Waals surface area (Å²) in [6.07, 6.45) is 3.19. The van der Waals surface area contributed by atoms with Gasteiger partial charge in [0, 0.05) is 11.9 Å². The number of nitrogen functional groups attached to an aromatic ring is 1. The van der Waals surface area contributed by atoms with E-state index in [1.54, 1.807) is 12.1 Å². The molecule has 2 aromatic heterocycles. The molecule has 0 saturated carbocycles. The molecule has 0 aliphatic carbocycles. The van der Waals surface area contributed by atoms with Gasteiger partial charge < -0.3 is 11.1 Å². The number of nitrogens with zero attached hydrogens (tertiary/aromatic N) is 2. The third-order valence-corrected chi connectivity index (χ3v) is 2.79. The highest BCUT2D eigenvalue weighted by Crippen LogP contribution is 2.18. The van der Waals surface area contributed by atoms with Crippen molar-refractivity contribution in [3.8, 4) is 0 Å². The van der Waals surface area contributed by atoms with Gasteiger partial charge in [-0.1, -0.05) is 24.9 Å². The van der Waals surface area contributed by atoms with Gasteiger partial charge in [0.15, 0.2) is 5.69 Å². The van der Waals surface area contributed by atoms with Gasteiger partial charge in [0.1, 0.15) is 5.15 Å². The molecule has 2 rings (SSSR count). The molecule has 0 saturated heterocycles. The van der Waals surface area contributed by atoms with Crippen LogP contribution in [0.5, 0.6) is 0 Å². The first-order valence-electron chi connectivity index (χ1n) is 5.87. The summed E-state index contributed by atoms with van der Waals surface area (Å²) in [5.74, 6) is -0.377. The molecule has 0 unspecified atom stereocenters. The van der Waals surface area contributed by atoms with Crippen molar-refractivity contribution in [1.29, 1.82) is 0 Å². The van der Waals surface area contributed by atoms with Crippen LogP contribution in [0.1, 0.15) is 29.5 Å². The molecule has 0 radical (unpaired) electrons. The minimum Gasteiger partial charge on any atom is -0.395 e. The van der Waals surface area contributed by atoms with E-state index in [-0.39, 0.29) is 11.6 Å². The summed E-state index contributed by atoms with van der Waals surface area (Å²) in [4.78, 5) is 15.9. The van der Waals surface area contributed by atoms with Crippen molar-refractivity contribution < 1.29 is 4.79 Å². The van der Waals surface area contributed by atoms with Gasteiger partial charge in [0.2, 0.25) is 0 Å². The van der Waals surface area contributed by atoms with Gasteiger partial charge >= 0.3 is 0 Å². The third-order valence-electron chi connectivity index (χ3n) is 2.58. The summed E-state index contributed by atoms with van der Waals surface area (Å²) in [6.45, 7) is 2.03. The van der Waals surface area contributed by atoms with Crippen molar-refractivity contribution in [2.45, 2.75) is 19.8 Å². The van der Waals surface area contributed by atoms with Crippen LogP contribution in [-0.4, -0.2) is 21.1 Å². The van der Waals surface area contributed by atoms with E-state index in [4.69, 9.17) is 17.3 Å². The Kier molecular flexibility index (Phi) is 4.01. The number of pyridine rings is 1. The second-order valence-electron chi connectivity index (χ2n) is 4.04. The number of rotatable bonds is 4. The Balaban J connectivity index is 2.16. The van der Waals surface area contributed by atoms with Crippen LogP contribution in [0.25, 0.3) is 0 Å². The zero-order valence-corrected chi connectivity index (χ0v) is 11.2. The maximum atomic E-state index is 12.0. The molecule has 2 heterocycles. The number of nitrogens with one attached hydrogen (secondary N) is 2. The highest BCUT2D eigenvalue weighted by molar-refractivity contribution is 6.29. The Hall–Kier alpha value is -2.08. The Labute approximate surface area is 115 Å². The number of H-pyrrole nitrogens is 1. The van der Waals surface area contributed by atoms with Crippen molar-refractivity contribution in [3.05, 3.63) is 34.9 Å². The van der Waals surface area contributed by atoms with Crippen molar-refractivity contribution in [3.63, 3.8) is 0 Å². The van der Waals surface area contributed by atoms with E-state index in [9.17, 15) is 4.79 Å². The smallest absolute Gasteiger partial charge is 0.278 e. The summed E-state index contributed by atoms with van der Waals surface area (Å²) in [7, 11) is 0. The number of hydrogen-bond donors (Lipinski definition) is 3. The van der Waals surface area contributed by atoms with E-state index in [1.165, 1.54) is 6.20 Å². The average Bonchev–Trinajstić information content (AvgIpc) is 2.72. The molecular weight excluding hydrogens is 266 g/mol. The van der Waals surface area contributed by atoms with E-state index >= 15 is 0 Å². The van der Waals surface area contributed by atoms with Crippen molar-refractivity contribution >= 4 is 28.9 Å². The number of anilines is 2. The molecular formula is C12H14ClN5O. The van der Waals surface area contributed by atoms with Gasteiger partial charge in [0.05, 0.1) is 11.4 Å². The van der Waals surface area contributed by atoms with Crippen LogP contribution in [0.3, 0.4) is 0 Å². The molecule has 6 nitrogen and oxygen atoms in total. The molecule has 0 aromatic carbocycles. The molecule has 0 spiro atoms. The lowest BCUT2D eigenvalue weighted by molar-refractivity contribution is 0.102. The predicted molar refractivity (Wildman–Crippen MR) is 74.2 cm³/mol. The van der Waals surface area contributed by atoms with E-state index in [0.29, 0.717) is 16.5 Å². The molecule has 1 amide bonds. The van der Waals surface area contributed by atoms with Gasteiger partial charge in [-0.05, 0) is 18.6 Å². The maximum absolute atomic E-state index is 12.0. The summed E-state index contributed by atoms with van der Waals surface area (Å²) >= 11 is 5.74. The molecule has 0 fully saturated rings. The van der Waals surface area contributed by atoms with Crippen LogP contribution in [-0.2, 0) is 6.42 Å². The van der Waals surface area contributed by atoms with Crippen LogP contribution in [0.4, 0.5) is 11.4 Å². The predicted octanol–water partition coefficient (Wildman–Crippen LogP) is 2.25. The second-order valence-corrected chi connectivity index (χ2v) is 4.42. The number of amides is 1. The van der Waals surface area contributed by atoms with Crippen LogP contribution in [0.2, 0.25) is 5.15 Å². The lowest BCUT2D eigenvalue weighted by atomic mass is 10.2. The number of carbonyl (C=O) groups is 1. The fourth-order valence-corrected chi connectivity index (χ4v) is 1.84. The molecule has 7 heteroatoms. The van der Waals surface area contributed by atoms with Crippen molar-refractivity contribution in [1.82, 2.24) is 15.2 Å². The quantitative estimate of drug-likeness (QED) is 0.748. The molecule has 19 heavy (non-hydrogen) atoms. The van der Waals surface area contributed by atoms with Crippen LogP contribution in [0, 0.1) is 0 Å². The van der Waals surface area contributed by atoms with Gasteiger partial charge in [-0.15, -0.1) is 0 Å². The minimum absolute atomic E-state index is 0.191. The number of aryl methyl sites for hydroxylation is 1. The highest BCUT2D eigenvalue weighted by Gasteiger charge is 2.16. The van der Waals surface area contributed by atoms with Gasteiger partial charge in [-0.25, -0.2) is 4.98 Å². The minimum atomic E-state index is -0.377. The van der Waals surface area contributed by atoms with Crippen LogP contribution >= 0.6 is 11.6 Å². The Morgan fingerprint density at radius 1 is 1.58 bits per heavy atom. The maximum Gasteiger partial charge on any atom is 0.278 e. The lowest BCUT2D eigenvalue weighted by Crippen LogP contribution is -2.14. The summed E-state index contributed by atoms with van der Waals surface area (Å²) in [5, 5.41) is 9.70. The second kappa shape index (κ2) is 5.71. The largest absolute Gasteiger partial charge is 0.395 e. The molecule has 0 aliphatic heterocycles. The first-order valence-corrected chi connectivity index (χ1v) is 6.25. The van der Waals surface area contributed by atoms with Crippen molar-refractivity contribution in [2.75, 3.05) is 11.1 Å². The zero-order valence-electron chi connectivity index (χ0n) is 10.4. The van der Waals surface area contributed by atoms with Crippen LogP contribution in [0.15, 0.2) is 18.3 Å². The first kappa shape index (κ1) is 13.4. The fraction of sp³-hybridized carbons (Fsp3) is 0.250. The Morgan fingerprint density at radius 2 is 2.37 bits per heavy atom. The van der Waals surface area contributed by atoms with Crippen LogP contribution < -0.4 is 11.1 Å². The molecule has 100 valence electrons. The van der Waals surface area contributed by atoms with E-state index in [1.807, 2.05) is 6.92 Å². The lowest BCUT2D eigenvalue weighted by Gasteiger charge is -2.03. The van der Waals surface area contributed by atoms with Crippen molar-refractivity contribution in [2.24, 2.45) is 0 Å². The normalized spacial score (nSPS) is 10.4. The fourth-order valence-electron chi connectivity index (χ4n) is 1.67. The number of aromatic nitrogens is 3. The Morgan fingerprint density at radius 3 is 3.05 bits per heavy atom. The number of nitrogens with two attached hydrogens (primary N) is 1. The summed E-state index contributed by atoms with van der Waals surface area (Å²) in [6, 6.07) is 3.19. The SMILES string of the molecule is CCCc1[nH]nc(C(=O)Nc2ccnc(Cl)c2)c1N. The average molecular weight is 280 g/mol. The highest BCUT2D eigenvalue weighted by atomic mass is 35.5. The van der Waals surface area contributed by atoms with Gasteiger partial charge in [-0.2, -0.15) is 5.10 Å². The molecule has 2 aromatic rings. The third kappa shape index (κ3) is 3.03. The standard InChI is InChI=1S/C12H14ClN5O/c1-2-3-8-10(14)11(18-17-8)12(19)16-7-4-5-15-9(13)6-7/h4-6H,2-3,14H2,1H3,(H,17,18)(H,15,16,19). The number of hydrogen-bond acceptors (Lipinski definition) is 4. The van der Waals surface area contributed by atoms with Gasteiger partial charge in [-0.3, -0.25) is 9.89 Å². The summed E-state index contributed by atoms with van der Waals surface area (Å²) in [5.41, 5.74) is 7.78. The Bertz CT molecular complexity index is 596. The van der Waals surface area contributed by atoms with Gasteiger partial charge in [0.25, 0.3) is 5.91 Å². The first-order chi connectivity index (χ1) is 9.11. The monoisotopic (exact) mass is 279 g/mol. The number of carbonyl (C=O) groups excluding carboxylic acids is 1.